The highest BCUT2D eigenvalue weighted by Crippen LogP contribution is 2.35. The molecule has 3 aromatic heterocycles. The molecule has 122 valence electrons. The molecule has 0 unspecified atom stereocenters. The maximum absolute atomic E-state index is 12.9. The maximum Gasteiger partial charge on any atom is 0.419 e. The number of imidazole rings is 1. The minimum Gasteiger partial charge on any atom is -0.383 e. The van der Waals surface area contributed by atoms with E-state index in [4.69, 9.17) is 11.5 Å². The SMILES string of the molecule is NCCNc1nn2cc(-c3cnc(N)c(C(F)(F)F)c3)nc2s1. The number of hydrogen-bond donors (Lipinski definition) is 3. The van der Waals surface area contributed by atoms with E-state index in [1.165, 1.54) is 28.2 Å². The normalized spacial score (nSPS) is 12.0. The first-order valence-corrected chi connectivity index (χ1v) is 7.33. The van der Waals surface area contributed by atoms with Crippen LogP contribution in [-0.2, 0) is 6.18 Å². The Bertz CT molecular complexity index is 807. The highest BCUT2D eigenvalue weighted by atomic mass is 32.1. The van der Waals surface area contributed by atoms with Gasteiger partial charge in [0.2, 0.25) is 10.1 Å². The zero-order valence-corrected chi connectivity index (χ0v) is 12.4. The van der Waals surface area contributed by atoms with Crippen molar-refractivity contribution >= 4 is 27.2 Å². The summed E-state index contributed by atoms with van der Waals surface area (Å²) in [4.78, 5) is 8.41. The van der Waals surface area contributed by atoms with Gasteiger partial charge in [-0.2, -0.15) is 13.2 Å². The molecular formula is C12H12F3N7S. The second kappa shape index (κ2) is 5.66. The average Bonchev–Trinajstić information content (AvgIpc) is 3.02. The van der Waals surface area contributed by atoms with E-state index >= 15 is 0 Å². The van der Waals surface area contributed by atoms with Gasteiger partial charge in [-0.05, 0) is 6.07 Å². The van der Waals surface area contributed by atoms with Gasteiger partial charge in [0.05, 0.1) is 17.5 Å². The number of nitrogen functional groups attached to an aromatic ring is 1. The molecule has 0 bridgehead atoms. The van der Waals surface area contributed by atoms with Crippen molar-refractivity contribution in [3.63, 3.8) is 0 Å². The van der Waals surface area contributed by atoms with Crippen LogP contribution in [0.2, 0.25) is 0 Å². The number of nitrogens with zero attached hydrogens (tertiary/aromatic N) is 4. The number of halogens is 3. The predicted octanol–water partition coefficient (Wildman–Crippen LogP) is 1.82. The third kappa shape index (κ3) is 3.05. The van der Waals surface area contributed by atoms with Gasteiger partial charge in [0.25, 0.3) is 0 Å². The van der Waals surface area contributed by atoms with Gasteiger partial charge in [-0.25, -0.2) is 14.5 Å². The molecule has 0 fully saturated rings. The number of aromatic nitrogens is 4. The molecule has 11 heteroatoms. The van der Waals surface area contributed by atoms with Crippen molar-refractivity contribution in [1.82, 2.24) is 19.6 Å². The number of nitrogens with one attached hydrogen (secondary N) is 1. The molecule has 23 heavy (non-hydrogen) atoms. The van der Waals surface area contributed by atoms with Crippen molar-refractivity contribution in [1.29, 1.82) is 0 Å². The van der Waals surface area contributed by atoms with Crippen LogP contribution in [0.3, 0.4) is 0 Å². The molecule has 3 rings (SSSR count). The van der Waals surface area contributed by atoms with Crippen LogP contribution in [0, 0.1) is 0 Å². The van der Waals surface area contributed by atoms with E-state index in [0.717, 1.165) is 6.07 Å². The largest absolute Gasteiger partial charge is 0.419 e. The molecule has 0 aliphatic carbocycles. The fourth-order valence-electron chi connectivity index (χ4n) is 1.93. The van der Waals surface area contributed by atoms with Gasteiger partial charge in [0.1, 0.15) is 5.82 Å². The Labute approximate surface area is 132 Å². The molecule has 0 atom stereocenters. The average molecular weight is 343 g/mol. The minimum atomic E-state index is -4.57. The van der Waals surface area contributed by atoms with Gasteiger partial charge >= 0.3 is 6.18 Å². The van der Waals surface area contributed by atoms with Crippen LogP contribution < -0.4 is 16.8 Å². The van der Waals surface area contributed by atoms with E-state index in [2.05, 4.69) is 20.4 Å². The number of fused-ring (bicyclic) bond motifs is 1. The highest BCUT2D eigenvalue weighted by Gasteiger charge is 2.34. The molecule has 3 heterocycles. The molecule has 7 nitrogen and oxygen atoms in total. The van der Waals surface area contributed by atoms with Crippen LogP contribution in [0.15, 0.2) is 18.5 Å². The third-order valence-electron chi connectivity index (χ3n) is 2.98. The van der Waals surface area contributed by atoms with Crippen LogP contribution in [0.5, 0.6) is 0 Å². The second-order valence-electron chi connectivity index (χ2n) is 4.63. The molecule has 0 aliphatic rings. The predicted molar refractivity (Wildman–Crippen MR) is 81.1 cm³/mol. The lowest BCUT2D eigenvalue weighted by molar-refractivity contribution is -0.137. The van der Waals surface area contributed by atoms with Crippen molar-refractivity contribution in [3.05, 3.63) is 24.0 Å². The van der Waals surface area contributed by atoms with Gasteiger partial charge in [-0.1, -0.05) is 11.3 Å². The Balaban J connectivity index is 1.95. The molecule has 0 aromatic carbocycles. The maximum atomic E-state index is 12.9. The standard InChI is InChI=1S/C12H12F3N7S/c13-12(14,15)7-3-6(4-19-9(7)17)8-5-22-11(20-8)23-10(21-22)18-2-1-16/h3-5H,1-2,16H2,(H2,17,19)(H,18,21). The summed E-state index contributed by atoms with van der Waals surface area (Å²) in [5.74, 6) is -0.561. The monoisotopic (exact) mass is 343 g/mol. The lowest BCUT2D eigenvalue weighted by Crippen LogP contribution is -2.12. The Morgan fingerprint density at radius 3 is 2.78 bits per heavy atom. The number of nitrogens with two attached hydrogens (primary N) is 2. The lowest BCUT2D eigenvalue weighted by atomic mass is 10.1. The van der Waals surface area contributed by atoms with Gasteiger partial charge in [-0.15, -0.1) is 5.10 Å². The molecular weight excluding hydrogens is 331 g/mol. The molecule has 5 N–H and O–H groups in total. The molecule has 0 saturated heterocycles. The molecule has 0 saturated carbocycles. The quantitative estimate of drug-likeness (QED) is 0.667. The molecule has 3 aromatic rings. The van der Waals surface area contributed by atoms with E-state index in [9.17, 15) is 13.2 Å². The van der Waals surface area contributed by atoms with Crippen molar-refractivity contribution in [3.8, 4) is 11.3 Å². The Morgan fingerprint density at radius 2 is 2.13 bits per heavy atom. The first kappa shape index (κ1) is 15.5. The van der Waals surface area contributed by atoms with Gasteiger partial charge in [0, 0.05) is 24.8 Å². The summed E-state index contributed by atoms with van der Waals surface area (Å²) in [6, 6.07) is 0.933. The fraction of sp³-hybridized carbons (Fsp3) is 0.250. The summed E-state index contributed by atoms with van der Waals surface area (Å²) >= 11 is 1.27. The van der Waals surface area contributed by atoms with E-state index in [-0.39, 0.29) is 5.56 Å². The van der Waals surface area contributed by atoms with E-state index in [1.54, 1.807) is 0 Å². The molecule has 0 radical (unpaired) electrons. The van der Waals surface area contributed by atoms with Crippen molar-refractivity contribution in [2.45, 2.75) is 6.18 Å². The van der Waals surface area contributed by atoms with Crippen molar-refractivity contribution < 1.29 is 13.2 Å². The summed E-state index contributed by atoms with van der Waals surface area (Å²) in [6.45, 7) is 1.03. The van der Waals surface area contributed by atoms with Gasteiger partial charge in [-0.3, -0.25) is 0 Å². The Kier molecular flexibility index (Phi) is 3.82. The van der Waals surface area contributed by atoms with Gasteiger partial charge in [0.15, 0.2) is 0 Å². The zero-order valence-electron chi connectivity index (χ0n) is 11.6. The van der Waals surface area contributed by atoms with Crippen LogP contribution in [0.1, 0.15) is 5.56 Å². The Hall–Kier alpha value is -2.40. The Morgan fingerprint density at radius 1 is 1.35 bits per heavy atom. The summed E-state index contributed by atoms with van der Waals surface area (Å²) in [5, 5.41) is 7.87. The zero-order chi connectivity index (χ0) is 16.6. The topological polar surface area (TPSA) is 107 Å². The second-order valence-corrected chi connectivity index (χ2v) is 5.59. The number of rotatable bonds is 4. The smallest absolute Gasteiger partial charge is 0.383 e. The first-order chi connectivity index (χ1) is 10.9. The van der Waals surface area contributed by atoms with E-state index in [1.807, 2.05) is 0 Å². The minimum absolute atomic E-state index is 0.223. The van der Waals surface area contributed by atoms with Crippen LogP contribution in [0.25, 0.3) is 16.2 Å². The van der Waals surface area contributed by atoms with E-state index in [0.29, 0.717) is 28.9 Å². The van der Waals surface area contributed by atoms with Crippen LogP contribution in [-0.4, -0.2) is 32.7 Å². The molecule has 0 aliphatic heterocycles. The number of alkyl halides is 3. The summed E-state index contributed by atoms with van der Waals surface area (Å²) < 4.78 is 40.1. The van der Waals surface area contributed by atoms with Crippen molar-refractivity contribution in [2.24, 2.45) is 5.73 Å². The first-order valence-electron chi connectivity index (χ1n) is 6.51. The number of hydrogen-bond acceptors (Lipinski definition) is 7. The van der Waals surface area contributed by atoms with Crippen molar-refractivity contribution in [2.75, 3.05) is 24.1 Å². The fourth-order valence-corrected chi connectivity index (χ4v) is 2.74. The number of anilines is 2. The highest BCUT2D eigenvalue weighted by molar-refractivity contribution is 7.20. The third-order valence-corrected chi connectivity index (χ3v) is 3.86. The molecule has 0 spiro atoms. The summed E-state index contributed by atoms with van der Waals surface area (Å²) in [6.07, 6.45) is -1.78. The van der Waals surface area contributed by atoms with Crippen LogP contribution >= 0.6 is 11.3 Å². The van der Waals surface area contributed by atoms with E-state index < -0.39 is 17.6 Å². The summed E-state index contributed by atoms with van der Waals surface area (Å²) in [7, 11) is 0. The molecule has 0 amide bonds. The summed E-state index contributed by atoms with van der Waals surface area (Å²) in [5.41, 5.74) is 10.3. The lowest BCUT2D eigenvalue weighted by Gasteiger charge is -2.09. The number of pyridine rings is 1. The van der Waals surface area contributed by atoms with Gasteiger partial charge < -0.3 is 16.8 Å². The van der Waals surface area contributed by atoms with Crippen LogP contribution in [0.4, 0.5) is 24.1 Å².